The lowest BCUT2D eigenvalue weighted by atomic mass is 10.3. The van der Waals surface area contributed by atoms with Crippen LogP contribution in [0.5, 0.6) is 0 Å². The van der Waals surface area contributed by atoms with Gasteiger partial charge in [0.2, 0.25) is 0 Å². The maximum Gasteiger partial charge on any atom is 0.155 e. The summed E-state index contributed by atoms with van der Waals surface area (Å²) in [6.07, 6.45) is 3.66. The molecule has 1 unspecified atom stereocenters. The third-order valence-corrected chi connectivity index (χ3v) is 2.73. The van der Waals surface area contributed by atoms with Crippen molar-refractivity contribution in [2.75, 3.05) is 0 Å². The topological polar surface area (TPSA) is 43.3 Å². The fourth-order valence-electron chi connectivity index (χ4n) is 1.37. The van der Waals surface area contributed by atoms with E-state index >= 15 is 0 Å². The minimum Gasteiger partial charge on any atom is -0.323 e. The summed E-state index contributed by atoms with van der Waals surface area (Å²) in [7, 11) is 0. The van der Waals surface area contributed by atoms with E-state index in [1.807, 2.05) is 23.6 Å². The van der Waals surface area contributed by atoms with Crippen molar-refractivity contribution in [3.63, 3.8) is 0 Å². The normalized spacial score (nSPS) is 13.4. The SMILES string of the molecule is CC(N)c1cnc2c(Cl)cc(Br)cn12. The number of imidazole rings is 1. The number of nitrogens with two attached hydrogens (primary N) is 1. The minimum absolute atomic E-state index is 0.0598. The van der Waals surface area contributed by atoms with Crippen molar-refractivity contribution in [3.05, 3.63) is 33.6 Å². The molecule has 0 aliphatic carbocycles. The molecule has 1 atom stereocenters. The third kappa shape index (κ3) is 1.54. The highest BCUT2D eigenvalue weighted by Gasteiger charge is 2.10. The highest BCUT2D eigenvalue weighted by molar-refractivity contribution is 9.10. The molecule has 3 nitrogen and oxygen atoms in total. The first-order valence-electron chi connectivity index (χ1n) is 4.17. The number of hydrogen-bond acceptors (Lipinski definition) is 2. The van der Waals surface area contributed by atoms with E-state index in [0.29, 0.717) is 5.02 Å². The van der Waals surface area contributed by atoms with Crippen LogP contribution in [0, 0.1) is 0 Å². The van der Waals surface area contributed by atoms with Crippen LogP contribution in [-0.4, -0.2) is 9.38 Å². The quantitative estimate of drug-likeness (QED) is 0.869. The summed E-state index contributed by atoms with van der Waals surface area (Å²) in [6, 6.07) is 1.75. The van der Waals surface area contributed by atoms with Gasteiger partial charge in [0, 0.05) is 16.7 Å². The third-order valence-electron chi connectivity index (χ3n) is 2.02. The van der Waals surface area contributed by atoms with Crippen LogP contribution in [0.4, 0.5) is 0 Å². The first-order chi connectivity index (χ1) is 6.59. The predicted molar refractivity (Wildman–Crippen MR) is 60.5 cm³/mol. The Kier molecular flexibility index (Phi) is 2.51. The van der Waals surface area contributed by atoms with Crippen molar-refractivity contribution in [2.24, 2.45) is 5.73 Å². The van der Waals surface area contributed by atoms with Crippen LogP contribution in [0.2, 0.25) is 5.02 Å². The molecule has 0 aliphatic heterocycles. The Morgan fingerprint density at radius 3 is 3.00 bits per heavy atom. The zero-order valence-electron chi connectivity index (χ0n) is 7.54. The van der Waals surface area contributed by atoms with Crippen LogP contribution in [0.15, 0.2) is 22.9 Å². The number of nitrogens with zero attached hydrogens (tertiary/aromatic N) is 2. The highest BCUT2D eigenvalue weighted by Crippen LogP contribution is 2.24. The molecule has 0 bridgehead atoms. The van der Waals surface area contributed by atoms with E-state index in [4.69, 9.17) is 17.3 Å². The summed E-state index contributed by atoms with van der Waals surface area (Å²) in [5, 5.41) is 0.617. The number of pyridine rings is 1. The molecule has 2 rings (SSSR count). The summed E-state index contributed by atoms with van der Waals surface area (Å²) < 4.78 is 2.81. The van der Waals surface area contributed by atoms with Crippen LogP contribution in [0.3, 0.4) is 0 Å². The Labute approximate surface area is 95.0 Å². The number of hydrogen-bond donors (Lipinski definition) is 1. The number of fused-ring (bicyclic) bond motifs is 1. The Bertz CT molecular complexity index is 478. The molecule has 2 aromatic rings. The molecule has 0 saturated carbocycles. The van der Waals surface area contributed by atoms with Crippen molar-refractivity contribution in [1.29, 1.82) is 0 Å². The molecular formula is C9H9BrClN3. The van der Waals surface area contributed by atoms with Gasteiger partial charge in [-0.15, -0.1) is 0 Å². The molecule has 0 aliphatic rings. The summed E-state index contributed by atoms with van der Waals surface area (Å²) >= 11 is 9.40. The summed E-state index contributed by atoms with van der Waals surface area (Å²) in [5.74, 6) is 0. The van der Waals surface area contributed by atoms with E-state index in [9.17, 15) is 0 Å². The van der Waals surface area contributed by atoms with Crippen LogP contribution in [0.25, 0.3) is 5.65 Å². The second-order valence-corrected chi connectivity index (χ2v) is 4.49. The van der Waals surface area contributed by atoms with Crippen LogP contribution < -0.4 is 5.73 Å². The van der Waals surface area contributed by atoms with Crippen molar-refractivity contribution in [1.82, 2.24) is 9.38 Å². The van der Waals surface area contributed by atoms with Gasteiger partial charge in [0.1, 0.15) is 0 Å². The molecule has 74 valence electrons. The minimum atomic E-state index is -0.0598. The van der Waals surface area contributed by atoms with Gasteiger partial charge in [-0.25, -0.2) is 4.98 Å². The molecule has 0 spiro atoms. The van der Waals surface area contributed by atoms with Crippen molar-refractivity contribution >= 4 is 33.2 Å². The summed E-state index contributed by atoms with van der Waals surface area (Å²) in [5.41, 5.74) is 7.49. The van der Waals surface area contributed by atoms with E-state index < -0.39 is 0 Å². The van der Waals surface area contributed by atoms with Crippen LogP contribution >= 0.6 is 27.5 Å². The first kappa shape index (κ1) is 9.96. The van der Waals surface area contributed by atoms with Gasteiger partial charge in [-0.1, -0.05) is 11.6 Å². The molecule has 0 saturated heterocycles. The largest absolute Gasteiger partial charge is 0.323 e. The second kappa shape index (κ2) is 3.53. The summed E-state index contributed by atoms with van der Waals surface area (Å²) in [6.45, 7) is 1.91. The van der Waals surface area contributed by atoms with E-state index in [-0.39, 0.29) is 6.04 Å². The monoisotopic (exact) mass is 273 g/mol. The molecule has 2 heterocycles. The van der Waals surface area contributed by atoms with Crippen molar-refractivity contribution in [2.45, 2.75) is 13.0 Å². The predicted octanol–water partition coefficient (Wildman–Crippen LogP) is 2.77. The van der Waals surface area contributed by atoms with E-state index in [2.05, 4.69) is 20.9 Å². The Balaban J connectivity index is 2.78. The average molecular weight is 275 g/mol. The number of aromatic nitrogens is 2. The molecule has 0 aromatic carbocycles. The van der Waals surface area contributed by atoms with Gasteiger partial charge in [-0.2, -0.15) is 0 Å². The molecule has 0 fully saturated rings. The number of rotatable bonds is 1. The van der Waals surface area contributed by atoms with Gasteiger partial charge in [0.25, 0.3) is 0 Å². The van der Waals surface area contributed by atoms with Gasteiger partial charge >= 0.3 is 0 Å². The first-order valence-corrected chi connectivity index (χ1v) is 5.34. The maximum atomic E-state index is 6.03. The van der Waals surface area contributed by atoms with Gasteiger partial charge < -0.3 is 10.1 Å². The van der Waals surface area contributed by atoms with Crippen LogP contribution in [-0.2, 0) is 0 Å². The molecule has 5 heteroatoms. The Morgan fingerprint density at radius 2 is 2.36 bits per heavy atom. The van der Waals surface area contributed by atoms with Gasteiger partial charge in [-0.3, -0.25) is 0 Å². The summed E-state index contributed by atoms with van der Waals surface area (Å²) in [4.78, 5) is 4.21. The van der Waals surface area contributed by atoms with Crippen molar-refractivity contribution < 1.29 is 0 Å². The van der Waals surface area contributed by atoms with E-state index in [0.717, 1.165) is 15.8 Å². The fraction of sp³-hybridized carbons (Fsp3) is 0.222. The molecule has 14 heavy (non-hydrogen) atoms. The molecule has 2 aromatic heterocycles. The van der Waals surface area contributed by atoms with E-state index in [1.54, 1.807) is 6.20 Å². The highest BCUT2D eigenvalue weighted by atomic mass is 79.9. The molecule has 0 radical (unpaired) electrons. The van der Waals surface area contributed by atoms with Crippen molar-refractivity contribution in [3.8, 4) is 0 Å². The maximum absolute atomic E-state index is 6.03. The zero-order valence-corrected chi connectivity index (χ0v) is 9.88. The Hall–Kier alpha value is -0.580. The zero-order chi connectivity index (χ0) is 10.3. The Morgan fingerprint density at radius 1 is 1.64 bits per heavy atom. The lowest BCUT2D eigenvalue weighted by Crippen LogP contribution is -2.07. The number of halogens is 2. The lowest BCUT2D eigenvalue weighted by molar-refractivity contribution is 0.769. The van der Waals surface area contributed by atoms with Crippen LogP contribution in [0.1, 0.15) is 18.7 Å². The fourth-order valence-corrected chi connectivity index (χ4v) is 2.19. The van der Waals surface area contributed by atoms with Gasteiger partial charge in [0.05, 0.1) is 16.9 Å². The lowest BCUT2D eigenvalue weighted by Gasteiger charge is -2.05. The average Bonchev–Trinajstić information content (AvgIpc) is 2.47. The molecular weight excluding hydrogens is 265 g/mol. The van der Waals surface area contributed by atoms with E-state index in [1.165, 1.54) is 0 Å². The van der Waals surface area contributed by atoms with Gasteiger partial charge in [0.15, 0.2) is 5.65 Å². The smallest absolute Gasteiger partial charge is 0.155 e. The standard InChI is InChI=1S/C9H9BrClN3/c1-5(12)8-3-13-9-7(11)2-6(10)4-14(8)9/h2-5H,12H2,1H3. The van der Waals surface area contributed by atoms with Gasteiger partial charge in [-0.05, 0) is 28.9 Å². The molecule has 0 amide bonds. The molecule has 2 N–H and O–H groups in total. The second-order valence-electron chi connectivity index (χ2n) is 3.17.